The highest BCUT2D eigenvalue weighted by Gasteiger charge is 2.07. The van der Waals surface area contributed by atoms with Crippen LogP contribution in [0, 0.1) is 6.92 Å². The molecule has 1 amide bonds. The first-order chi connectivity index (χ1) is 8.15. The van der Waals surface area contributed by atoms with Crippen LogP contribution >= 0.6 is 0 Å². The molecule has 3 heteroatoms. The van der Waals surface area contributed by atoms with E-state index >= 15 is 0 Å². The number of likely N-dealkylation sites (N-methyl/N-ethyl adjacent to an activating group) is 1. The fourth-order valence-electron chi connectivity index (χ4n) is 1.54. The summed E-state index contributed by atoms with van der Waals surface area (Å²) in [4.78, 5) is 13.2. The lowest BCUT2D eigenvalue weighted by atomic mass is 10.2. The van der Waals surface area contributed by atoms with Crippen LogP contribution in [0.15, 0.2) is 24.3 Å². The number of hydrogen-bond donors (Lipinski definition) is 0. The zero-order valence-electron chi connectivity index (χ0n) is 10.9. The first-order valence-corrected chi connectivity index (χ1v) is 6.07. The second kappa shape index (κ2) is 6.94. The van der Waals surface area contributed by atoms with E-state index in [0.29, 0.717) is 19.6 Å². The van der Waals surface area contributed by atoms with Gasteiger partial charge in [0.1, 0.15) is 12.4 Å². The molecule has 0 aromatic heterocycles. The summed E-state index contributed by atoms with van der Waals surface area (Å²) in [6.45, 7) is 5.20. The van der Waals surface area contributed by atoms with Crippen LogP contribution in [0.5, 0.6) is 5.75 Å². The van der Waals surface area contributed by atoms with E-state index in [4.69, 9.17) is 4.74 Å². The van der Waals surface area contributed by atoms with Gasteiger partial charge in [0.25, 0.3) is 0 Å². The molecule has 1 aromatic rings. The highest BCUT2D eigenvalue weighted by Crippen LogP contribution is 2.15. The van der Waals surface area contributed by atoms with Gasteiger partial charge < -0.3 is 9.64 Å². The molecule has 0 aliphatic carbocycles. The van der Waals surface area contributed by atoms with E-state index in [2.05, 4.69) is 0 Å². The van der Waals surface area contributed by atoms with Gasteiger partial charge in [-0.2, -0.15) is 0 Å². The summed E-state index contributed by atoms with van der Waals surface area (Å²) in [6.07, 6.45) is 1.50. The first-order valence-electron chi connectivity index (χ1n) is 6.07. The Hall–Kier alpha value is -1.51. The molecule has 0 saturated carbocycles. The highest BCUT2D eigenvalue weighted by molar-refractivity contribution is 5.75. The van der Waals surface area contributed by atoms with Gasteiger partial charge in [0, 0.05) is 13.5 Å². The number of hydrogen-bond acceptors (Lipinski definition) is 2. The summed E-state index contributed by atoms with van der Waals surface area (Å²) in [5.41, 5.74) is 1.12. The number of benzene rings is 1. The van der Waals surface area contributed by atoms with Crippen molar-refractivity contribution in [1.29, 1.82) is 0 Å². The number of carbonyl (C=O) groups excluding carboxylic acids is 1. The second-order valence-corrected chi connectivity index (χ2v) is 4.18. The molecule has 0 unspecified atom stereocenters. The van der Waals surface area contributed by atoms with Gasteiger partial charge in [-0.05, 0) is 25.0 Å². The predicted molar refractivity (Wildman–Crippen MR) is 69.2 cm³/mol. The Balaban J connectivity index is 2.33. The number of aryl methyl sites for hydroxylation is 1. The lowest BCUT2D eigenvalue weighted by molar-refractivity contribution is -0.130. The van der Waals surface area contributed by atoms with Gasteiger partial charge >= 0.3 is 0 Å². The molecule has 17 heavy (non-hydrogen) atoms. The van der Waals surface area contributed by atoms with Crippen LogP contribution in [0.1, 0.15) is 25.3 Å². The molecule has 94 valence electrons. The number of nitrogens with zero attached hydrogens (tertiary/aromatic N) is 1. The summed E-state index contributed by atoms with van der Waals surface area (Å²) in [5.74, 6) is 1.07. The van der Waals surface area contributed by atoms with E-state index in [1.54, 1.807) is 4.90 Å². The zero-order valence-corrected chi connectivity index (χ0v) is 10.9. The minimum absolute atomic E-state index is 0.181. The minimum atomic E-state index is 0.181. The molecule has 0 fully saturated rings. The van der Waals surface area contributed by atoms with Crippen LogP contribution in [-0.2, 0) is 4.79 Å². The lowest BCUT2D eigenvalue weighted by Gasteiger charge is -2.17. The molecular weight excluding hydrogens is 214 g/mol. The van der Waals surface area contributed by atoms with Crippen molar-refractivity contribution >= 4 is 5.91 Å². The van der Waals surface area contributed by atoms with Crippen molar-refractivity contribution in [2.75, 3.05) is 20.2 Å². The van der Waals surface area contributed by atoms with Crippen molar-refractivity contribution in [2.45, 2.75) is 26.7 Å². The van der Waals surface area contributed by atoms with E-state index in [-0.39, 0.29) is 5.91 Å². The molecule has 3 nitrogen and oxygen atoms in total. The molecule has 0 bridgehead atoms. The number of amides is 1. The number of para-hydroxylation sites is 1. The standard InChI is InChI=1S/C14H21NO2/c1-4-7-14(16)15(3)10-11-17-13-9-6-5-8-12(13)2/h5-6,8-9H,4,7,10-11H2,1-3H3. The third kappa shape index (κ3) is 4.47. The minimum Gasteiger partial charge on any atom is -0.491 e. The molecule has 0 atom stereocenters. The van der Waals surface area contributed by atoms with Crippen molar-refractivity contribution in [2.24, 2.45) is 0 Å². The Morgan fingerprint density at radius 2 is 2.06 bits per heavy atom. The summed E-state index contributed by atoms with van der Waals surface area (Å²) < 4.78 is 5.64. The van der Waals surface area contributed by atoms with E-state index in [1.165, 1.54) is 0 Å². The summed E-state index contributed by atoms with van der Waals surface area (Å²) in [5, 5.41) is 0. The van der Waals surface area contributed by atoms with Gasteiger partial charge in [0.2, 0.25) is 5.91 Å². The normalized spacial score (nSPS) is 10.1. The van der Waals surface area contributed by atoms with Crippen LogP contribution in [-0.4, -0.2) is 31.0 Å². The predicted octanol–water partition coefficient (Wildman–Crippen LogP) is 2.63. The molecule has 1 aromatic carbocycles. The average Bonchev–Trinajstić information content (AvgIpc) is 2.31. The Bertz CT molecular complexity index is 363. The van der Waals surface area contributed by atoms with Crippen LogP contribution < -0.4 is 4.74 Å². The molecule has 0 aliphatic heterocycles. The fraction of sp³-hybridized carbons (Fsp3) is 0.500. The molecule has 0 N–H and O–H groups in total. The van der Waals surface area contributed by atoms with Crippen LogP contribution in [0.4, 0.5) is 0 Å². The maximum atomic E-state index is 11.5. The smallest absolute Gasteiger partial charge is 0.222 e. The monoisotopic (exact) mass is 235 g/mol. The van der Waals surface area contributed by atoms with Gasteiger partial charge in [0.15, 0.2) is 0 Å². The van der Waals surface area contributed by atoms with E-state index in [0.717, 1.165) is 17.7 Å². The van der Waals surface area contributed by atoms with Gasteiger partial charge in [-0.15, -0.1) is 0 Å². The Labute approximate surface area is 103 Å². The quantitative estimate of drug-likeness (QED) is 0.758. The van der Waals surface area contributed by atoms with Gasteiger partial charge in [-0.3, -0.25) is 4.79 Å². The van der Waals surface area contributed by atoms with Crippen molar-refractivity contribution in [1.82, 2.24) is 4.90 Å². The Morgan fingerprint density at radius 1 is 1.35 bits per heavy atom. The van der Waals surface area contributed by atoms with Crippen LogP contribution in [0.2, 0.25) is 0 Å². The molecule has 0 saturated heterocycles. The number of carbonyl (C=O) groups is 1. The molecule has 0 radical (unpaired) electrons. The van der Waals surface area contributed by atoms with Crippen LogP contribution in [0.25, 0.3) is 0 Å². The van der Waals surface area contributed by atoms with Crippen molar-refractivity contribution in [3.05, 3.63) is 29.8 Å². The second-order valence-electron chi connectivity index (χ2n) is 4.18. The molecule has 0 spiro atoms. The van der Waals surface area contributed by atoms with Gasteiger partial charge in [-0.25, -0.2) is 0 Å². The van der Waals surface area contributed by atoms with Crippen LogP contribution in [0.3, 0.4) is 0 Å². The molecule has 1 rings (SSSR count). The van der Waals surface area contributed by atoms with E-state index in [9.17, 15) is 4.79 Å². The topological polar surface area (TPSA) is 29.5 Å². The SMILES string of the molecule is CCCC(=O)N(C)CCOc1ccccc1C. The number of rotatable bonds is 6. The van der Waals surface area contributed by atoms with Crippen molar-refractivity contribution in [3.8, 4) is 5.75 Å². The van der Waals surface area contributed by atoms with E-state index < -0.39 is 0 Å². The zero-order chi connectivity index (χ0) is 12.7. The molecule has 0 aliphatic rings. The molecule has 0 heterocycles. The maximum absolute atomic E-state index is 11.5. The molecular formula is C14H21NO2. The largest absolute Gasteiger partial charge is 0.491 e. The Morgan fingerprint density at radius 3 is 2.71 bits per heavy atom. The van der Waals surface area contributed by atoms with Crippen molar-refractivity contribution < 1.29 is 9.53 Å². The third-order valence-corrected chi connectivity index (χ3v) is 2.67. The van der Waals surface area contributed by atoms with Gasteiger partial charge in [-0.1, -0.05) is 25.1 Å². The van der Waals surface area contributed by atoms with Crippen molar-refractivity contribution in [3.63, 3.8) is 0 Å². The highest BCUT2D eigenvalue weighted by atomic mass is 16.5. The van der Waals surface area contributed by atoms with E-state index in [1.807, 2.05) is 45.2 Å². The van der Waals surface area contributed by atoms with Gasteiger partial charge in [0.05, 0.1) is 6.54 Å². The Kier molecular flexibility index (Phi) is 5.53. The fourth-order valence-corrected chi connectivity index (χ4v) is 1.54. The summed E-state index contributed by atoms with van der Waals surface area (Å²) >= 11 is 0. The first kappa shape index (κ1) is 13.6. The average molecular weight is 235 g/mol. The number of ether oxygens (including phenoxy) is 1. The third-order valence-electron chi connectivity index (χ3n) is 2.67. The lowest BCUT2D eigenvalue weighted by Crippen LogP contribution is -2.30. The summed E-state index contributed by atoms with van der Waals surface area (Å²) in [6, 6.07) is 7.90. The summed E-state index contributed by atoms with van der Waals surface area (Å²) in [7, 11) is 1.82. The maximum Gasteiger partial charge on any atom is 0.222 e.